The molecule has 9 aromatic carbocycles. The van der Waals surface area contributed by atoms with Crippen LogP contribution in [0, 0.1) is 0 Å². The standard InChI is InChI=1S/C50H32N2O/c1-3-12-33(13-4-1)34-22-26-38(27-23-34)52-45-31-25-35-14-7-9-18-40(35)48(45)42-30-28-39(32-46(42)52)51(37-16-5-2-6-17-37)44-20-11-21-47-49(44)43-29-24-36-15-8-10-19-41(36)50(43)53-47/h1-32H. The molecule has 0 saturated heterocycles. The van der Waals surface area contributed by atoms with Crippen LogP contribution in [0.5, 0.6) is 0 Å². The highest BCUT2D eigenvalue weighted by Crippen LogP contribution is 2.46. The zero-order valence-corrected chi connectivity index (χ0v) is 28.8. The Bertz CT molecular complexity index is 3160. The molecule has 0 atom stereocenters. The van der Waals surface area contributed by atoms with Gasteiger partial charge in [-0.05, 0) is 87.9 Å². The fourth-order valence-corrected chi connectivity index (χ4v) is 8.35. The smallest absolute Gasteiger partial charge is 0.143 e. The molecule has 0 saturated carbocycles. The second-order valence-electron chi connectivity index (χ2n) is 13.7. The van der Waals surface area contributed by atoms with Crippen molar-refractivity contribution in [2.75, 3.05) is 4.90 Å². The summed E-state index contributed by atoms with van der Waals surface area (Å²) in [6.45, 7) is 0. The molecule has 11 aromatic rings. The van der Waals surface area contributed by atoms with Crippen LogP contribution in [0.3, 0.4) is 0 Å². The molecule has 53 heavy (non-hydrogen) atoms. The number of rotatable bonds is 5. The van der Waals surface area contributed by atoms with Crippen molar-refractivity contribution in [3.8, 4) is 16.8 Å². The van der Waals surface area contributed by atoms with Crippen molar-refractivity contribution in [3.63, 3.8) is 0 Å². The van der Waals surface area contributed by atoms with Crippen LogP contribution in [-0.4, -0.2) is 4.57 Å². The molecule has 0 unspecified atom stereocenters. The fraction of sp³-hybridized carbons (Fsp3) is 0. The summed E-state index contributed by atoms with van der Waals surface area (Å²) >= 11 is 0. The Labute approximate surface area is 306 Å². The average Bonchev–Trinajstić information content (AvgIpc) is 3.78. The van der Waals surface area contributed by atoms with Gasteiger partial charge in [0.1, 0.15) is 11.2 Å². The van der Waals surface area contributed by atoms with Gasteiger partial charge in [-0.1, -0.05) is 133 Å². The van der Waals surface area contributed by atoms with E-state index in [2.05, 4.69) is 204 Å². The second-order valence-corrected chi connectivity index (χ2v) is 13.7. The van der Waals surface area contributed by atoms with Crippen LogP contribution in [0.25, 0.3) is 82.1 Å². The van der Waals surface area contributed by atoms with Crippen molar-refractivity contribution < 1.29 is 4.42 Å². The summed E-state index contributed by atoms with van der Waals surface area (Å²) in [7, 11) is 0. The van der Waals surface area contributed by atoms with Crippen LogP contribution >= 0.6 is 0 Å². The second kappa shape index (κ2) is 11.7. The number of nitrogens with zero attached hydrogens (tertiary/aromatic N) is 2. The first-order chi connectivity index (χ1) is 26.3. The van der Waals surface area contributed by atoms with E-state index in [-0.39, 0.29) is 0 Å². The first-order valence-corrected chi connectivity index (χ1v) is 18.1. The maximum absolute atomic E-state index is 6.67. The number of benzene rings is 9. The molecule has 3 nitrogen and oxygen atoms in total. The zero-order chi connectivity index (χ0) is 34.9. The molecule has 0 aliphatic rings. The number of fused-ring (bicyclic) bond motifs is 10. The number of hydrogen-bond donors (Lipinski definition) is 0. The molecule has 0 radical (unpaired) electrons. The van der Waals surface area contributed by atoms with Crippen molar-refractivity contribution in [2.45, 2.75) is 0 Å². The lowest BCUT2D eigenvalue weighted by molar-refractivity contribution is 0.672. The van der Waals surface area contributed by atoms with Gasteiger partial charge in [0.25, 0.3) is 0 Å². The average molecular weight is 677 g/mol. The molecular formula is C50H32N2O. The predicted molar refractivity (Wildman–Crippen MR) is 223 cm³/mol. The van der Waals surface area contributed by atoms with Crippen molar-refractivity contribution in [2.24, 2.45) is 0 Å². The lowest BCUT2D eigenvalue weighted by atomic mass is 10.0. The molecule has 0 spiro atoms. The minimum absolute atomic E-state index is 0.870. The van der Waals surface area contributed by atoms with Crippen molar-refractivity contribution in [1.82, 2.24) is 4.57 Å². The molecular weight excluding hydrogens is 645 g/mol. The number of para-hydroxylation sites is 1. The normalized spacial score (nSPS) is 11.8. The van der Waals surface area contributed by atoms with Crippen LogP contribution in [-0.2, 0) is 0 Å². The zero-order valence-electron chi connectivity index (χ0n) is 28.8. The van der Waals surface area contributed by atoms with Gasteiger partial charge in [0.15, 0.2) is 0 Å². The Kier molecular flexibility index (Phi) is 6.55. The van der Waals surface area contributed by atoms with Gasteiger partial charge >= 0.3 is 0 Å². The summed E-state index contributed by atoms with van der Waals surface area (Å²) in [5.74, 6) is 0. The van der Waals surface area contributed by atoms with Gasteiger partial charge in [0.2, 0.25) is 0 Å². The molecule has 2 aromatic heterocycles. The molecule has 3 heteroatoms. The molecule has 11 rings (SSSR count). The molecule has 0 N–H and O–H groups in total. The van der Waals surface area contributed by atoms with E-state index in [0.717, 1.165) is 55.6 Å². The lowest BCUT2D eigenvalue weighted by Crippen LogP contribution is -2.10. The maximum atomic E-state index is 6.67. The fourth-order valence-electron chi connectivity index (χ4n) is 8.35. The first kappa shape index (κ1) is 29.6. The maximum Gasteiger partial charge on any atom is 0.143 e. The summed E-state index contributed by atoms with van der Waals surface area (Å²) in [6, 6.07) is 69.7. The van der Waals surface area contributed by atoms with E-state index in [9.17, 15) is 0 Å². The van der Waals surface area contributed by atoms with Crippen LogP contribution in [0.2, 0.25) is 0 Å². The third-order valence-electron chi connectivity index (χ3n) is 10.8. The minimum atomic E-state index is 0.870. The van der Waals surface area contributed by atoms with E-state index >= 15 is 0 Å². The number of furan rings is 1. The van der Waals surface area contributed by atoms with Gasteiger partial charge in [-0.25, -0.2) is 0 Å². The molecule has 0 amide bonds. The summed E-state index contributed by atoms with van der Waals surface area (Å²) < 4.78 is 9.10. The SMILES string of the molecule is c1ccc(-c2ccc(-n3c4cc(N(c5ccccc5)c5cccc6oc7c8ccccc8ccc7c56)ccc4c4c5ccccc5ccc43)cc2)cc1. The van der Waals surface area contributed by atoms with Crippen molar-refractivity contribution >= 4 is 82.4 Å². The first-order valence-electron chi connectivity index (χ1n) is 18.1. The Morgan fingerprint density at radius 2 is 1.06 bits per heavy atom. The molecule has 0 fully saturated rings. The van der Waals surface area contributed by atoms with Gasteiger partial charge in [-0.3, -0.25) is 0 Å². The van der Waals surface area contributed by atoms with E-state index < -0.39 is 0 Å². The summed E-state index contributed by atoms with van der Waals surface area (Å²) in [4.78, 5) is 2.38. The number of anilines is 3. The molecule has 0 bridgehead atoms. The van der Waals surface area contributed by atoms with Crippen LogP contribution in [0.1, 0.15) is 0 Å². The Morgan fingerprint density at radius 3 is 1.87 bits per heavy atom. The summed E-state index contributed by atoms with van der Waals surface area (Å²) in [6.07, 6.45) is 0. The highest BCUT2D eigenvalue weighted by Gasteiger charge is 2.22. The van der Waals surface area contributed by atoms with E-state index in [1.165, 1.54) is 43.6 Å². The third-order valence-corrected chi connectivity index (χ3v) is 10.8. The lowest BCUT2D eigenvalue weighted by Gasteiger charge is -2.26. The van der Waals surface area contributed by atoms with Crippen LogP contribution in [0.15, 0.2) is 199 Å². The minimum Gasteiger partial charge on any atom is -0.455 e. The Hall–Kier alpha value is -7.10. The highest BCUT2D eigenvalue weighted by molar-refractivity contribution is 6.23. The van der Waals surface area contributed by atoms with Crippen molar-refractivity contribution in [1.29, 1.82) is 0 Å². The topological polar surface area (TPSA) is 21.3 Å². The molecule has 2 heterocycles. The number of aromatic nitrogens is 1. The number of hydrogen-bond acceptors (Lipinski definition) is 2. The van der Waals surface area contributed by atoms with Crippen LogP contribution < -0.4 is 4.90 Å². The van der Waals surface area contributed by atoms with E-state index in [1.54, 1.807) is 0 Å². The largest absolute Gasteiger partial charge is 0.455 e. The van der Waals surface area contributed by atoms with Gasteiger partial charge in [0.05, 0.1) is 22.1 Å². The third kappa shape index (κ3) is 4.61. The predicted octanol–water partition coefficient (Wildman–Crippen LogP) is 14.1. The molecule has 0 aliphatic carbocycles. The van der Waals surface area contributed by atoms with Gasteiger partial charge in [-0.2, -0.15) is 0 Å². The van der Waals surface area contributed by atoms with E-state index in [0.29, 0.717) is 0 Å². The Balaban J connectivity index is 1.19. The molecule has 248 valence electrons. The quantitative estimate of drug-likeness (QED) is 0.181. The van der Waals surface area contributed by atoms with Gasteiger partial charge in [-0.15, -0.1) is 0 Å². The van der Waals surface area contributed by atoms with E-state index in [4.69, 9.17) is 4.42 Å². The van der Waals surface area contributed by atoms with Gasteiger partial charge in [0, 0.05) is 38.6 Å². The van der Waals surface area contributed by atoms with Gasteiger partial charge < -0.3 is 13.9 Å². The monoisotopic (exact) mass is 676 g/mol. The summed E-state index contributed by atoms with van der Waals surface area (Å²) in [5.41, 5.74) is 10.9. The highest BCUT2D eigenvalue weighted by atomic mass is 16.3. The van der Waals surface area contributed by atoms with Crippen molar-refractivity contribution in [3.05, 3.63) is 194 Å². The van der Waals surface area contributed by atoms with E-state index in [1.807, 2.05) is 0 Å². The Morgan fingerprint density at radius 1 is 0.396 bits per heavy atom. The van der Waals surface area contributed by atoms with Crippen LogP contribution in [0.4, 0.5) is 17.1 Å². The summed E-state index contributed by atoms with van der Waals surface area (Å²) in [5, 5.41) is 9.47. The molecule has 0 aliphatic heterocycles.